The molecule has 0 radical (unpaired) electrons. The van der Waals surface area contributed by atoms with E-state index in [4.69, 9.17) is 21.1 Å². The number of sulfonamides is 1. The average Bonchev–Trinajstić information content (AvgIpc) is 2.69. The van der Waals surface area contributed by atoms with Gasteiger partial charge in [-0.05, 0) is 37.3 Å². The van der Waals surface area contributed by atoms with Gasteiger partial charge >= 0.3 is 0 Å². The molecule has 150 valence electrons. The van der Waals surface area contributed by atoms with E-state index in [1.807, 2.05) is 19.1 Å². The van der Waals surface area contributed by atoms with Crippen LogP contribution in [0.1, 0.15) is 5.56 Å². The van der Waals surface area contributed by atoms with Crippen LogP contribution >= 0.6 is 11.6 Å². The molecule has 0 aliphatic carbocycles. The first-order valence-electron chi connectivity index (χ1n) is 8.73. The number of aryl methyl sites for hydroxylation is 1. The standard InChI is InChI=1S/C19H21ClN2O5S/c1-14-2-5-16(6-3-14)27-13-19(23)21-15-4-7-17(20)18(12-15)28(24,25)22-8-10-26-11-9-22/h2-7,12H,8-11,13H2,1H3,(H,21,23). The third-order valence-electron chi connectivity index (χ3n) is 4.19. The van der Waals surface area contributed by atoms with Crippen LogP contribution in [-0.2, 0) is 19.6 Å². The van der Waals surface area contributed by atoms with E-state index in [9.17, 15) is 13.2 Å². The first-order valence-corrected chi connectivity index (χ1v) is 10.5. The summed E-state index contributed by atoms with van der Waals surface area (Å²) >= 11 is 6.12. The normalized spacial score (nSPS) is 15.2. The van der Waals surface area contributed by atoms with Crippen LogP contribution in [0.5, 0.6) is 5.75 Å². The highest BCUT2D eigenvalue weighted by Gasteiger charge is 2.28. The Labute approximate surface area is 169 Å². The molecule has 9 heteroatoms. The van der Waals surface area contributed by atoms with Crippen molar-refractivity contribution in [2.75, 3.05) is 38.2 Å². The summed E-state index contributed by atoms with van der Waals surface area (Å²) in [6.45, 7) is 2.96. The number of nitrogens with zero attached hydrogens (tertiary/aromatic N) is 1. The van der Waals surface area contributed by atoms with Crippen molar-refractivity contribution in [3.8, 4) is 5.75 Å². The molecule has 3 rings (SSSR count). The van der Waals surface area contributed by atoms with E-state index in [1.54, 1.807) is 18.2 Å². The van der Waals surface area contributed by atoms with Crippen molar-refractivity contribution >= 4 is 33.2 Å². The zero-order valence-corrected chi connectivity index (χ0v) is 16.9. The van der Waals surface area contributed by atoms with Gasteiger partial charge in [0.15, 0.2) is 6.61 Å². The van der Waals surface area contributed by atoms with Crippen molar-refractivity contribution in [1.82, 2.24) is 4.31 Å². The molecule has 1 aliphatic rings. The second kappa shape index (κ2) is 8.91. The summed E-state index contributed by atoms with van der Waals surface area (Å²) < 4.78 is 37.6. The first kappa shape index (κ1) is 20.6. The van der Waals surface area contributed by atoms with Gasteiger partial charge in [0.2, 0.25) is 10.0 Å². The lowest BCUT2D eigenvalue weighted by atomic mass is 10.2. The second-order valence-corrected chi connectivity index (χ2v) is 8.63. The Bertz CT molecular complexity index is 941. The number of rotatable bonds is 6. The summed E-state index contributed by atoms with van der Waals surface area (Å²) in [5, 5.41) is 2.73. The zero-order valence-electron chi connectivity index (χ0n) is 15.4. The first-order chi connectivity index (χ1) is 13.4. The maximum absolute atomic E-state index is 12.8. The molecule has 2 aromatic rings. The largest absolute Gasteiger partial charge is 0.484 e. The Morgan fingerprint density at radius 2 is 1.86 bits per heavy atom. The topological polar surface area (TPSA) is 84.9 Å². The number of carbonyl (C=O) groups excluding carboxylic acids is 1. The van der Waals surface area contributed by atoms with Crippen LogP contribution < -0.4 is 10.1 Å². The van der Waals surface area contributed by atoms with Gasteiger partial charge in [0.05, 0.1) is 18.2 Å². The van der Waals surface area contributed by atoms with Gasteiger partial charge in [0.1, 0.15) is 10.6 Å². The van der Waals surface area contributed by atoms with Crippen LogP contribution in [-0.4, -0.2) is 51.5 Å². The number of amides is 1. The lowest BCUT2D eigenvalue weighted by Crippen LogP contribution is -2.40. The maximum Gasteiger partial charge on any atom is 0.262 e. The van der Waals surface area contributed by atoms with Crippen LogP contribution in [0.15, 0.2) is 47.4 Å². The monoisotopic (exact) mass is 424 g/mol. The molecule has 1 amide bonds. The van der Waals surface area contributed by atoms with Gasteiger partial charge in [0.25, 0.3) is 5.91 Å². The van der Waals surface area contributed by atoms with E-state index in [-0.39, 0.29) is 29.6 Å². The maximum atomic E-state index is 12.8. The minimum Gasteiger partial charge on any atom is -0.484 e. The molecule has 0 saturated carbocycles. The molecule has 1 N–H and O–H groups in total. The minimum absolute atomic E-state index is 0.0479. The average molecular weight is 425 g/mol. The molecule has 0 unspecified atom stereocenters. The smallest absolute Gasteiger partial charge is 0.262 e. The van der Waals surface area contributed by atoms with Crippen molar-refractivity contribution in [3.05, 3.63) is 53.1 Å². The lowest BCUT2D eigenvalue weighted by Gasteiger charge is -2.26. The fourth-order valence-corrected chi connectivity index (χ4v) is 4.59. The highest BCUT2D eigenvalue weighted by atomic mass is 35.5. The van der Waals surface area contributed by atoms with Gasteiger partial charge in [-0.1, -0.05) is 29.3 Å². The van der Waals surface area contributed by atoms with Crippen molar-refractivity contribution in [1.29, 1.82) is 0 Å². The molecular weight excluding hydrogens is 404 g/mol. The molecule has 2 aromatic carbocycles. The van der Waals surface area contributed by atoms with Gasteiger partial charge < -0.3 is 14.8 Å². The number of morpholine rings is 1. The Morgan fingerprint density at radius 3 is 2.54 bits per heavy atom. The van der Waals surface area contributed by atoms with Crippen molar-refractivity contribution in [2.45, 2.75) is 11.8 Å². The Hall–Kier alpha value is -2.13. The summed E-state index contributed by atoms with van der Waals surface area (Å²) in [7, 11) is -3.77. The SMILES string of the molecule is Cc1ccc(OCC(=O)Nc2ccc(Cl)c(S(=O)(=O)N3CCOCC3)c2)cc1. The van der Waals surface area contributed by atoms with Crippen molar-refractivity contribution in [2.24, 2.45) is 0 Å². The molecule has 7 nitrogen and oxygen atoms in total. The predicted molar refractivity (Wildman–Crippen MR) is 106 cm³/mol. The van der Waals surface area contributed by atoms with Crippen molar-refractivity contribution < 1.29 is 22.7 Å². The van der Waals surface area contributed by atoms with E-state index < -0.39 is 15.9 Å². The van der Waals surface area contributed by atoms with Crippen molar-refractivity contribution in [3.63, 3.8) is 0 Å². The lowest BCUT2D eigenvalue weighted by molar-refractivity contribution is -0.118. The number of hydrogen-bond donors (Lipinski definition) is 1. The molecule has 0 bridgehead atoms. The van der Waals surface area contributed by atoms with Crippen LogP contribution in [0, 0.1) is 6.92 Å². The molecule has 0 spiro atoms. The van der Waals surface area contributed by atoms with Gasteiger partial charge in [-0.15, -0.1) is 0 Å². The quantitative estimate of drug-likeness (QED) is 0.770. The van der Waals surface area contributed by atoms with E-state index in [1.165, 1.54) is 16.4 Å². The van der Waals surface area contributed by atoms with Crippen LogP contribution in [0.3, 0.4) is 0 Å². The third-order valence-corrected chi connectivity index (χ3v) is 6.57. The van der Waals surface area contributed by atoms with Crippen LogP contribution in [0.2, 0.25) is 5.02 Å². The predicted octanol–water partition coefficient (Wildman–Crippen LogP) is 2.69. The molecule has 1 aliphatic heterocycles. The summed E-state index contributed by atoms with van der Waals surface area (Å²) in [4.78, 5) is 12.1. The fraction of sp³-hybridized carbons (Fsp3) is 0.316. The highest BCUT2D eigenvalue weighted by Crippen LogP contribution is 2.28. The number of anilines is 1. The summed E-state index contributed by atoms with van der Waals surface area (Å²) in [6, 6.07) is 11.7. The van der Waals surface area contributed by atoms with Gasteiger partial charge in [-0.3, -0.25) is 4.79 Å². The fourth-order valence-electron chi connectivity index (χ4n) is 2.69. The molecular formula is C19H21ClN2O5S. The van der Waals surface area contributed by atoms with Gasteiger partial charge in [-0.25, -0.2) is 8.42 Å². The molecule has 28 heavy (non-hydrogen) atoms. The van der Waals surface area contributed by atoms with E-state index in [2.05, 4.69) is 5.32 Å². The molecule has 0 aromatic heterocycles. The Balaban J connectivity index is 1.68. The van der Waals surface area contributed by atoms with Gasteiger partial charge in [0, 0.05) is 18.8 Å². The van der Waals surface area contributed by atoms with E-state index in [0.717, 1.165) is 5.56 Å². The molecule has 1 heterocycles. The molecule has 1 fully saturated rings. The van der Waals surface area contributed by atoms with Crippen LogP contribution in [0.25, 0.3) is 0 Å². The Morgan fingerprint density at radius 1 is 1.18 bits per heavy atom. The number of ether oxygens (including phenoxy) is 2. The summed E-state index contributed by atoms with van der Waals surface area (Å²) in [5.74, 6) is 0.171. The van der Waals surface area contributed by atoms with E-state index >= 15 is 0 Å². The van der Waals surface area contributed by atoms with Crippen LogP contribution in [0.4, 0.5) is 5.69 Å². The van der Waals surface area contributed by atoms with Gasteiger partial charge in [-0.2, -0.15) is 4.31 Å². The summed E-state index contributed by atoms with van der Waals surface area (Å²) in [6.07, 6.45) is 0. The number of carbonyl (C=O) groups is 1. The number of benzene rings is 2. The Kier molecular flexibility index (Phi) is 6.56. The number of halogens is 1. The third kappa shape index (κ3) is 5.02. The summed E-state index contributed by atoms with van der Waals surface area (Å²) in [5.41, 5.74) is 1.42. The second-order valence-electron chi connectivity index (χ2n) is 6.31. The number of hydrogen-bond acceptors (Lipinski definition) is 5. The zero-order chi connectivity index (χ0) is 20.1. The molecule has 0 atom stereocenters. The molecule has 1 saturated heterocycles. The number of nitrogens with one attached hydrogen (secondary N) is 1. The minimum atomic E-state index is -3.77. The highest BCUT2D eigenvalue weighted by molar-refractivity contribution is 7.89. The van der Waals surface area contributed by atoms with E-state index in [0.29, 0.717) is 24.7 Å².